The van der Waals surface area contributed by atoms with E-state index in [0.29, 0.717) is 17.1 Å². The third-order valence-electron chi connectivity index (χ3n) is 5.26. The molecule has 0 fully saturated rings. The van der Waals surface area contributed by atoms with Gasteiger partial charge in [-0.3, -0.25) is 24.5 Å². The SMILES string of the molecule is COc1ccc(-c2ccc(CCC(=O)O)n2NC(=O)C[C@@H]2Sc3ccccc3NC2=O)cc1. The van der Waals surface area contributed by atoms with E-state index < -0.39 is 11.2 Å². The zero-order valence-electron chi connectivity index (χ0n) is 17.9. The van der Waals surface area contributed by atoms with E-state index in [2.05, 4.69) is 10.7 Å². The number of fused-ring (bicyclic) bond motifs is 1. The van der Waals surface area contributed by atoms with Crippen LogP contribution in [-0.2, 0) is 20.8 Å². The molecule has 0 unspecified atom stereocenters. The van der Waals surface area contributed by atoms with E-state index in [0.717, 1.165) is 16.1 Å². The average Bonchev–Trinajstić information content (AvgIpc) is 3.20. The molecule has 0 bridgehead atoms. The van der Waals surface area contributed by atoms with Crippen LogP contribution >= 0.6 is 11.8 Å². The molecule has 1 atom stereocenters. The summed E-state index contributed by atoms with van der Waals surface area (Å²) in [6.07, 6.45) is 0.154. The molecular formula is C24H23N3O5S. The summed E-state index contributed by atoms with van der Waals surface area (Å²) in [5.41, 5.74) is 5.80. The Hall–Kier alpha value is -3.72. The number of aryl methyl sites for hydroxylation is 1. The van der Waals surface area contributed by atoms with Crippen LogP contribution in [0.15, 0.2) is 65.6 Å². The predicted molar refractivity (Wildman–Crippen MR) is 126 cm³/mol. The van der Waals surface area contributed by atoms with Crippen LogP contribution in [0.25, 0.3) is 11.3 Å². The molecule has 2 heterocycles. The number of aliphatic carboxylic acids is 1. The highest BCUT2D eigenvalue weighted by Gasteiger charge is 2.29. The van der Waals surface area contributed by atoms with Crippen molar-refractivity contribution in [2.45, 2.75) is 29.4 Å². The first kappa shape index (κ1) is 22.5. The third kappa shape index (κ3) is 5.20. The number of ether oxygens (including phenoxy) is 1. The lowest BCUT2D eigenvalue weighted by molar-refractivity contribution is -0.137. The van der Waals surface area contributed by atoms with Gasteiger partial charge in [0.05, 0.1) is 30.2 Å². The fraction of sp³-hybridized carbons (Fsp3) is 0.208. The Labute approximate surface area is 194 Å². The van der Waals surface area contributed by atoms with Crippen LogP contribution in [0.1, 0.15) is 18.5 Å². The van der Waals surface area contributed by atoms with Crippen molar-refractivity contribution in [3.8, 4) is 17.0 Å². The minimum Gasteiger partial charge on any atom is -0.497 e. The Kier molecular flexibility index (Phi) is 6.69. The minimum atomic E-state index is -0.922. The maximum Gasteiger partial charge on any atom is 0.303 e. The van der Waals surface area contributed by atoms with Crippen LogP contribution in [0.2, 0.25) is 0 Å². The van der Waals surface area contributed by atoms with Gasteiger partial charge in [0.15, 0.2) is 0 Å². The van der Waals surface area contributed by atoms with Gasteiger partial charge in [-0.05, 0) is 48.5 Å². The van der Waals surface area contributed by atoms with Gasteiger partial charge in [0.1, 0.15) is 5.75 Å². The number of anilines is 1. The molecule has 3 aromatic rings. The van der Waals surface area contributed by atoms with Crippen LogP contribution < -0.4 is 15.5 Å². The van der Waals surface area contributed by atoms with Crippen LogP contribution in [0, 0.1) is 0 Å². The Morgan fingerprint density at radius 1 is 1.12 bits per heavy atom. The molecule has 2 aromatic carbocycles. The Morgan fingerprint density at radius 2 is 1.88 bits per heavy atom. The molecule has 1 aliphatic heterocycles. The number of methoxy groups -OCH3 is 1. The van der Waals surface area contributed by atoms with Crippen molar-refractivity contribution in [3.63, 3.8) is 0 Å². The van der Waals surface area contributed by atoms with E-state index in [9.17, 15) is 14.4 Å². The lowest BCUT2D eigenvalue weighted by Gasteiger charge is -2.24. The van der Waals surface area contributed by atoms with Gasteiger partial charge >= 0.3 is 5.97 Å². The number of carboxylic acid groups (broad SMARTS) is 1. The van der Waals surface area contributed by atoms with Crippen molar-refractivity contribution in [2.75, 3.05) is 17.9 Å². The molecule has 0 spiro atoms. The van der Waals surface area contributed by atoms with Crippen molar-refractivity contribution >= 4 is 35.2 Å². The van der Waals surface area contributed by atoms with Crippen molar-refractivity contribution in [2.24, 2.45) is 0 Å². The number of rotatable bonds is 8. The zero-order valence-corrected chi connectivity index (χ0v) is 18.7. The first-order valence-electron chi connectivity index (χ1n) is 10.4. The summed E-state index contributed by atoms with van der Waals surface area (Å²) < 4.78 is 6.81. The van der Waals surface area contributed by atoms with E-state index in [1.54, 1.807) is 17.9 Å². The molecule has 1 aromatic heterocycles. The topological polar surface area (TPSA) is 110 Å². The number of carboxylic acids is 1. The van der Waals surface area contributed by atoms with Crippen LogP contribution in [0.5, 0.6) is 5.75 Å². The van der Waals surface area contributed by atoms with Crippen molar-refractivity contribution in [1.29, 1.82) is 0 Å². The first-order valence-corrected chi connectivity index (χ1v) is 11.3. The highest BCUT2D eigenvalue weighted by atomic mass is 32.2. The predicted octanol–water partition coefficient (Wildman–Crippen LogP) is 3.75. The molecule has 2 amide bonds. The normalized spacial score (nSPS) is 14.8. The van der Waals surface area contributed by atoms with Gasteiger partial charge in [-0.1, -0.05) is 12.1 Å². The van der Waals surface area contributed by atoms with E-state index >= 15 is 0 Å². The van der Waals surface area contributed by atoms with Gasteiger partial charge in [-0.25, -0.2) is 0 Å². The standard InChI is InChI=1S/C24H23N3O5S/c1-32-17-10-6-15(7-11-17)19-12-8-16(9-13-23(29)30)27(19)26-22(28)14-21-24(31)25-18-4-2-3-5-20(18)33-21/h2-8,10-12,21H,9,13-14H2,1H3,(H,25,31)(H,26,28)(H,29,30)/t21-/m0/s1. The summed E-state index contributed by atoms with van der Waals surface area (Å²) in [5, 5.41) is 11.4. The number of carbonyl (C=O) groups is 3. The number of nitrogens with zero attached hydrogens (tertiary/aromatic N) is 1. The number of benzene rings is 2. The molecule has 4 rings (SSSR count). The molecule has 33 heavy (non-hydrogen) atoms. The molecule has 0 aliphatic carbocycles. The summed E-state index contributed by atoms with van der Waals surface area (Å²) in [5.74, 6) is -0.783. The van der Waals surface area contributed by atoms with Gasteiger partial charge in [-0.2, -0.15) is 0 Å². The molecule has 170 valence electrons. The number of aromatic nitrogens is 1. The number of thioether (sulfide) groups is 1. The van der Waals surface area contributed by atoms with E-state index in [1.165, 1.54) is 11.8 Å². The summed E-state index contributed by atoms with van der Waals surface area (Å²) in [7, 11) is 1.58. The lowest BCUT2D eigenvalue weighted by Crippen LogP contribution is -2.34. The van der Waals surface area contributed by atoms with Crippen molar-refractivity contribution in [1.82, 2.24) is 4.68 Å². The first-order chi connectivity index (χ1) is 15.9. The van der Waals surface area contributed by atoms with Gasteiger partial charge in [0.25, 0.3) is 0 Å². The number of nitrogens with one attached hydrogen (secondary N) is 2. The number of para-hydroxylation sites is 1. The Bertz CT molecular complexity index is 1190. The lowest BCUT2D eigenvalue weighted by atomic mass is 10.1. The van der Waals surface area contributed by atoms with E-state index in [4.69, 9.17) is 9.84 Å². The third-order valence-corrected chi connectivity index (χ3v) is 6.53. The zero-order chi connectivity index (χ0) is 23.4. The second-order valence-corrected chi connectivity index (χ2v) is 8.74. The van der Waals surface area contributed by atoms with E-state index in [-0.39, 0.29) is 31.1 Å². The fourth-order valence-electron chi connectivity index (χ4n) is 3.59. The van der Waals surface area contributed by atoms with Crippen LogP contribution in [-0.4, -0.2) is 39.9 Å². The maximum absolute atomic E-state index is 12.9. The smallest absolute Gasteiger partial charge is 0.303 e. The molecule has 8 nitrogen and oxygen atoms in total. The summed E-state index contributed by atoms with van der Waals surface area (Å²) in [6.45, 7) is 0. The molecule has 0 radical (unpaired) electrons. The summed E-state index contributed by atoms with van der Waals surface area (Å²) >= 11 is 1.36. The molecular weight excluding hydrogens is 442 g/mol. The highest BCUT2D eigenvalue weighted by molar-refractivity contribution is 8.01. The number of carbonyl (C=O) groups excluding carboxylic acids is 2. The van der Waals surface area contributed by atoms with E-state index in [1.807, 2.05) is 54.6 Å². The number of amides is 2. The average molecular weight is 466 g/mol. The number of hydrogen-bond acceptors (Lipinski definition) is 5. The van der Waals surface area contributed by atoms with Gasteiger partial charge in [0.2, 0.25) is 11.8 Å². The molecule has 9 heteroatoms. The Morgan fingerprint density at radius 3 is 2.61 bits per heavy atom. The van der Waals surface area contributed by atoms with Gasteiger partial charge in [-0.15, -0.1) is 11.8 Å². The second kappa shape index (κ2) is 9.83. The summed E-state index contributed by atoms with van der Waals surface area (Å²) in [6, 6.07) is 18.4. The van der Waals surface area contributed by atoms with Crippen molar-refractivity contribution < 1.29 is 24.2 Å². The van der Waals surface area contributed by atoms with Gasteiger partial charge in [0, 0.05) is 29.0 Å². The van der Waals surface area contributed by atoms with Gasteiger partial charge < -0.3 is 15.2 Å². The molecule has 3 N–H and O–H groups in total. The van der Waals surface area contributed by atoms with Crippen LogP contribution in [0.4, 0.5) is 5.69 Å². The molecule has 0 saturated heterocycles. The Balaban J connectivity index is 1.55. The fourth-order valence-corrected chi connectivity index (χ4v) is 4.70. The molecule has 0 saturated carbocycles. The summed E-state index contributed by atoms with van der Waals surface area (Å²) in [4.78, 5) is 37.5. The molecule has 1 aliphatic rings. The van der Waals surface area contributed by atoms with Crippen LogP contribution in [0.3, 0.4) is 0 Å². The minimum absolute atomic E-state index is 0.0244. The monoisotopic (exact) mass is 465 g/mol. The van der Waals surface area contributed by atoms with Crippen molar-refractivity contribution in [3.05, 3.63) is 66.4 Å². The second-order valence-electron chi connectivity index (χ2n) is 7.50. The maximum atomic E-state index is 12.9. The number of hydrogen-bond donors (Lipinski definition) is 3. The highest BCUT2D eigenvalue weighted by Crippen LogP contribution is 2.36. The quantitative estimate of drug-likeness (QED) is 0.467. The largest absolute Gasteiger partial charge is 0.497 e.